The predicted octanol–water partition coefficient (Wildman–Crippen LogP) is 1.76. The standard InChI is InChI=1S/C12H15NO4/c1-16-9-5-6-10(11(8-9)17-2)13-7-3-4-12(14)15/h3-6,8,13H,7H2,1-2H3,(H,14,15)/b4-3+. The van der Waals surface area contributed by atoms with Gasteiger partial charge in [0.2, 0.25) is 0 Å². The van der Waals surface area contributed by atoms with E-state index in [0.29, 0.717) is 18.0 Å². The quantitative estimate of drug-likeness (QED) is 0.738. The second-order valence-electron chi connectivity index (χ2n) is 3.19. The molecule has 0 aliphatic heterocycles. The summed E-state index contributed by atoms with van der Waals surface area (Å²) < 4.78 is 10.3. The summed E-state index contributed by atoms with van der Waals surface area (Å²) in [5, 5.41) is 11.5. The van der Waals surface area contributed by atoms with E-state index in [1.54, 1.807) is 26.4 Å². The smallest absolute Gasteiger partial charge is 0.328 e. The fraction of sp³-hybridized carbons (Fsp3) is 0.250. The van der Waals surface area contributed by atoms with Crippen molar-refractivity contribution < 1.29 is 19.4 Å². The molecule has 5 nitrogen and oxygen atoms in total. The van der Waals surface area contributed by atoms with Gasteiger partial charge < -0.3 is 19.9 Å². The van der Waals surface area contributed by atoms with Crippen LogP contribution in [0.2, 0.25) is 0 Å². The molecule has 0 bridgehead atoms. The van der Waals surface area contributed by atoms with E-state index < -0.39 is 5.97 Å². The molecule has 0 atom stereocenters. The van der Waals surface area contributed by atoms with Crippen molar-refractivity contribution in [2.45, 2.75) is 0 Å². The SMILES string of the molecule is COc1ccc(NC/C=C/C(=O)O)c(OC)c1. The van der Waals surface area contributed by atoms with Crippen molar-refractivity contribution in [2.75, 3.05) is 26.1 Å². The number of carboxylic acids is 1. The van der Waals surface area contributed by atoms with E-state index in [0.717, 1.165) is 11.8 Å². The number of hydrogen-bond acceptors (Lipinski definition) is 4. The Kier molecular flexibility index (Phi) is 4.87. The topological polar surface area (TPSA) is 67.8 Å². The van der Waals surface area contributed by atoms with Crippen LogP contribution in [0.5, 0.6) is 11.5 Å². The van der Waals surface area contributed by atoms with E-state index in [9.17, 15) is 4.79 Å². The number of carbonyl (C=O) groups is 1. The zero-order valence-corrected chi connectivity index (χ0v) is 9.77. The number of methoxy groups -OCH3 is 2. The highest BCUT2D eigenvalue weighted by Gasteiger charge is 2.03. The van der Waals surface area contributed by atoms with Crippen molar-refractivity contribution in [1.29, 1.82) is 0 Å². The molecule has 5 heteroatoms. The second-order valence-corrected chi connectivity index (χ2v) is 3.19. The molecule has 0 heterocycles. The number of nitrogens with one attached hydrogen (secondary N) is 1. The lowest BCUT2D eigenvalue weighted by molar-refractivity contribution is -0.131. The van der Waals surface area contributed by atoms with Crippen molar-refractivity contribution in [1.82, 2.24) is 0 Å². The van der Waals surface area contributed by atoms with E-state index in [2.05, 4.69) is 5.32 Å². The third kappa shape index (κ3) is 4.06. The van der Waals surface area contributed by atoms with Crippen LogP contribution in [-0.2, 0) is 4.79 Å². The van der Waals surface area contributed by atoms with Gasteiger partial charge in [-0.3, -0.25) is 0 Å². The third-order valence-electron chi connectivity index (χ3n) is 2.08. The molecule has 0 radical (unpaired) electrons. The van der Waals surface area contributed by atoms with Gasteiger partial charge >= 0.3 is 5.97 Å². The average molecular weight is 237 g/mol. The molecule has 17 heavy (non-hydrogen) atoms. The summed E-state index contributed by atoms with van der Waals surface area (Å²) in [4.78, 5) is 10.3. The molecular formula is C12H15NO4. The molecule has 0 aromatic heterocycles. The van der Waals surface area contributed by atoms with E-state index >= 15 is 0 Å². The number of anilines is 1. The molecule has 1 aromatic carbocycles. The van der Waals surface area contributed by atoms with Gasteiger partial charge in [0, 0.05) is 18.7 Å². The Balaban J connectivity index is 2.67. The lowest BCUT2D eigenvalue weighted by Gasteiger charge is -2.10. The number of carboxylic acid groups (broad SMARTS) is 1. The van der Waals surface area contributed by atoms with Gasteiger partial charge in [-0.05, 0) is 12.1 Å². The van der Waals surface area contributed by atoms with Gasteiger partial charge in [-0.15, -0.1) is 0 Å². The molecule has 0 saturated carbocycles. The molecule has 0 saturated heterocycles. The van der Waals surface area contributed by atoms with Gasteiger partial charge in [-0.2, -0.15) is 0 Å². The van der Waals surface area contributed by atoms with Crippen molar-refractivity contribution >= 4 is 11.7 Å². The lowest BCUT2D eigenvalue weighted by Crippen LogP contribution is -2.01. The first-order valence-corrected chi connectivity index (χ1v) is 5.02. The molecule has 0 fully saturated rings. The van der Waals surface area contributed by atoms with Gasteiger partial charge in [-0.25, -0.2) is 4.79 Å². The molecule has 2 N–H and O–H groups in total. The van der Waals surface area contributed by atoms with Gasteiger partial charge in [-0.1, -0.05) is 6.08 Å². The van der Waals surface area contributed by atoms with Crippen LogP contribution in [-0.4, -0.2) is 31.8 Å². The minimum Gasteiger partial charge on any atom is -0.497 e. The minimum absolute atomic E-state index is 0.412. The Hall–Kier alpha value is -2.17. The van der Waals surface area contributed by atoms with Crippen LogP contribution >= 0.6 is 0 Å². The fourth-order valence-corrected chi connectivity index (χ4v) is 1.27. The average Bonchev–Trinajstić information content (AvgIpc) is 2.34. The molecule has 92 valence electrons. The van der Waals surface area contributed by atoms with Crippen LogP contribution in [0.1, 0.15) is 0 Å². The molecule has 0 amide bonds. The van der Waals surface area contributed by atoms with E-state index in [4.69, 9.17) is 14.6 Å². The molecule has 0 aliphatic carbocycles. The summed E-state index contributed by atoms with van der Waals surface area (Å²) in [5.41, 5.74) is 0.781. The Bertz CT molecular complexity index is 415. The molecule has 0 spiro atoms. The van der Waals surface area contributed by atoms with Crippen LogP contribution < -0.4 is 14.8 Å². The normalized spacial score (nSPS) is 10.2. The van der Waals surface area contributed by atoms with Crippen LogP contribution in [0.25, 0.3) is 0 Å². The Morgan fingerprint density at radius 3 is 2.76 bits per heavy atom. The Labute approximate surface area is 99.7 Å². The summed E-state index contributed by atoms with van der Waals surface area (Å²) in [6, 6.07) is 5.36. The predicted molar refractivity (Wildman–Crippen MR) is 64.8 cm³/mol. The van der Waals surface area contributed by atoms with Gasteiger partial charge in [0.15, 0.2) is 0 Å². The largest absolute Gasteiger partial charge is 0.497 e. The lowest BCUT2D eigenvalue weighted by atomic mass is 10.2. The Morgan fingerprint density at radius 1 is 1.41 bits per heavy atom. The minimum atomic E-state index is -0.964. The van der Waals surface area contributed by atoms with Crippen LogP contribution in [0.15, 0.2) is 30.4 Å². The highest BCUT2D eigenvalue weighted by atomic mass is 16.5. The summed E-state index contributed by atoms with van der Waals surface area (Å²) >= 11 is 0. The zero-order valence-electron chi connectivity index (χ0n) is 9.77. The number of benzene rings is 1. The maximum atomic E-state index is 10.3. The van der Waals surface area contributed by atoms with Crippen molar-refractivity contribution in [3.8, 4) is 11.5 Å². The summed E-state index contributed by atoms with van der Waals surface area (Å²) in [6.45, 7) is 0.412. The van der Waals surface area contributed by atoms with E-state index in [-0.39, 0.29) is 0 Å². The van der Waals surface area contributed by atoms with Crippen molar-refractivity contribution in [3.63, 3.8) is 0 Å². The van der Waals surface area contributed by atoms with Crippen LogP contribution in [0, 0.1) is 0 Å². The fourth-order valence-electron chi connectivity index (χ4n) is 1.27. The molecule has 1 aromatic rings. The zero-order chi connectivity index (χ0) is 12.7. The number of ether oxygens (including phenoxy) is 2. The summed E-state index contributed by atoms with van der Waals surface area (Å²) in [7, 11) is 3.14. The Morgan fingerprint density at radius 2 is 2.18 bits per heavy atom. The maximum Gasteiger partial charge on any atom is 0.328 e. The van der Waals surface area contributed by atoms with Gasteiger partial charge in [0.05, 0.1) is 19.9 Å². The van der Waals surface area contributed by atoms with Gasteiger partial charge in [0.1, 0.15) is 11.5 Å². The first-order chi connectivity index (χ1) is 8.17. The van der Waals surface area contributed by atoms with Crippen LogP contribution in [0.3, 0.4) is 0 Å². The van der Waals surface area contributed by atoms with E-state index in [1.807, 2.05) is 6.07 Å². The molecule has 1 rings (SSSR count). The number of aliphatic carboxylic acids is 1. The highest BCUT2D eigenvalue weighted by molar-refractivity contribution is 5.79. The maximum absolute atomic E-state index is 10.3. The van der Waals surface area contributed by atoms with Crippen molar-refractivity contribution in [3.05, 3.63) is 30.4 Å². The van der Waals surface area contributed by atoms with Crippen LogP contribution in [0.4, 0.5) is 5.69 Å². The number of rotatable bonds is 6. The highest BCUT2D eigenvalue weighted by Crippen LogP contribution is 2.28. The molecule has 0 aliphatic rings. The summed E-state index contributed by atoms with van der Waals surface area (Å²) in [5.74, 6) is 0.384. The third-order valence-corrected chi connectivity index (χ3v) is 2.08. The second kappa shape index (κ2) is 6.42. The van der Waals surface area contributed by atoms with E-state index in [1.165, 1.54) is 6.08 Å². The first kappa shape index (κ1) is 12.9. The molecular weight excluding hydrogens is 222 g/mol. The van der Waals surface area contributed by atoms with Crippen molar-refractivity contribution in [2.24, 2.45) is 0 Å². The monoisotopic (exact) mass is 237 g/mol. The number of hydrogen-bond donors (Lipinski definition) is 2. The molecule has 0 unspecified atom stereocenters. The first-order valence-electron chi connectivity index (χ1n) is 5.02. The summed E-state index contributed by atoms with van der Waals surface area (Å²) in [6.07, 6.45) is 2.61. The van der Waals surface area contributed by atoms with Gasteiger partial charge in [0.25, 0.3) is 0 Å².